The number of halogens is 1. The molecule has 0 aliphatic heterocycles. The van der Waals surface area contributed by atoms with Gasteiger partial charge in [-0.05, 0) is 46.9 Å². The second-order valence-electron chi connectivity index (χ2n) is 4.79. The summed E-state index contributed by atoms with van der Waals surface area (Å²) >= 11 is 3.41. The summed E-state index contributed by atoms with van der Waals surface area (Å²) in [7, 11) is 0. The number of hydrogen-bond acceptors (Lipinski definition) is 2. The Bertz CT molecular complexity index is 405. The van der Waals surface area contributed by atoms with Crippen LogP contribution in [0.15, 0.2) is 28.7 Å². The van der Waals surface area contributed by atoms with E-state index in [0.29, 0.717) is 6.54 Å². The van der Waals surface area contributed by atoms with E-state index >= 15 is 0 Å². The Labute approximate surface area is 116 Å². The van der Waals surface area contributed by atoms with Crippen LogP contribution in [-0.2, 0) is 4.79 Å². The van der Waals surface area contributed by atoms with Gasteiger partial charge in [0.25, 0.3) is 0 Å². The molecule has 0 bridgehead atoms. The van der Waals surface area contributed by atoms with Crippen LogP contribution in [0, 0.1) is 5.92 Å². The van der Waals surface area contributed by atoms with Crippen LogP contribution in [0.5, 0.6) is 0 Å². The lowest BCUT2D eigenvalue weighted by Crippen LogP contribution is -2.30. The highest BCUT2D eigenvalue weighted by atomic mass is 79.9. The van der Waals surface area contributed by atoms with Gasteiger partial charge in [0.1, 0.15) is 0 Å². The quantitative estimate of drug-likeness (QED) is 0.792. The van der Waals surface area contributed by atoms with Gasteiger partial charge < -0.3 is 10.6 Å². The van der Waals surface area contributed by atoms with Crippen molar-refractivity contribution in [2.24, 2.45) is 5.92 Å². The van der Waals surface area contributed by atoms with Crippen LogP contribution in [0.3, 0.4) is 0 Å². The molecule has 0 atom stereocenters. The van der Waals surface area contributed by atoms with Gasteiger partial charge >= 0.3 is 0 Å². The van der Waals surface area contributed by atoms with Crippen molar-refractivity contribution in [3.05, 3.63) is 28.7 Å². The molecule has 0 aromatic heterocycles. The predicted octanol–water partition coefficient (Wildman–Crippen LogP) is 3.17. The predicted molar refractivity (Wildman–Crippen MR) is 77.6 cm³/mol. The van der Waals surface area contributed by atoms with Crippen molar-refractivity contribution in [3.63, 3.8) is 0 Å². The van der Waals surface area contributed by atoms with Crippen LogP contribution in [0.4, 0.5) is 5.69 Å². The summed E-state index contributed by atoms with van der Waals surface area (Å²) in [5, 5.41) is 6.07. The van der Waals surface area contributed by atoms with Crippen molar-refractivity contribution in [1.29, 1.82) is 0 Å². The molecule has 1 saturated carbocycles. The molecule has 0 radical (unpaired) electrons. The first kappa shape index (κ1) is 13.6. The zero-order chi connectivity index (χ0) is 12.8. The topological polar surface area (TPSA) is 41.1 Å². The summed E-state index contributed by atoms with van der Waals surface area (Å²) < 4.78 is 0.910. The van der Waals surface area contributed by atoms with E-state index in [4.69, 9.17) is 0 Å². The first-order valence-electron chi connectivity index (χ1n) is 6.51. The van der Waals surface area contributed by atoms with Gasteiger partial charge in [-0.2, -0.15) is 0 Å². The molecule has 0 spiro atoms. The average molecular weight is 311 g/mol. The van der Waals surface area contributed by atoms with Crippen molar-refractivity contribution in [2.75, 3.05) is 18.4 Å². The highest BCUT2D eigenvalue weighted by Crippen LogP contribution is 2.28. The molecule has 3 nitrogen and oxygen atoms in total. The molecule has 1 aromatic carbocycles. The molecule has 0 unspecified atom stereocenters. The normalized spacial score (nSPS) is 15.2. The van der Waals surface area contributed by atoms with E-state index in [1.807, 2.05) is 24.3 Å². The van der Waals surface area contributed by atoms with E-state index in [2.05, 4.69) is 26.6 Å². The fourth-order valence-corrected chi connectivity index (χ4v) is 2.43. The summed E-state index contributed by atoms with van der Waals surface area (Å²) in [6, 6.07) is 7.64. The lowest BCUT2D eigenvalue weighted by Gasteiger charge is -2.25. The van der Waals surface area contributed by atoms with Crippen molar-refractivity contribution in [3.8, 4) is 0 Å². The standard InChI is InChI=1S/C14H19BrN2O/c15-12-6-1-2-7-13(12)17-14(18)10-16-9-8-11-4-3-5-11/h1-2,6-7,11,16H,3-5,8-10H2,(H,17,18). The first-order valence-corrected chi connectivity index (χ1v) is 7.30. The Kier molecular flexibility index (Phi) is 5.20. The van der Waals surface area contributed by atoms with Gasteiger partial charge in [0.2, 0.25) is 5.91 Å². The monoisotopic (exact) mass is 310 g/mol. The van der Waals surface area contributed by atoms with Crippen molar-refractivity contribution in [1.82, 2.24) is 5.32 Å². The zero-order valence-electron chi connectivity index (χ0n) is 10.4. The number of benzene rings is 1. The molecule has 1 aliphatic rings. The maximum absolute atomic E-state index is 11.7. The van der Waals surface area contributed by atoms with E-state index in [9.17, 15) is 4.79 Å². The van der Waals surface area contributed by atoms with E-state index < -0.39 is 0 Å². The maximum Gasteiger partial charge on any atom is 0.238 e. The summed E-state index contributed by atoms with van der Waals surface area (Å²) in [5.74, 6) is 0.902. The largest absolute Gasteiger partial charge is 0.324 e. The smallest absolute Gasteiger partial charge is 0.238 e. The molecule has 4 heteroatoms. The van der Waals surface area contributed by atoms with E-state index in [1.54, 1.807) is 0 Å². The summed E-state index contributed by atoms with van der Waals surface area (Å²) in [5.41, 5.74) is 0.822. The van der Waals surface area contributed by atoms with Crippen LogP contribution >= 0.6 is 15.9 Å². The number of carbonyl (C=O) groups excluding carboxylic acids is 1. The van der Waals surface area contributed by atoms with Crippen molar-refractivity contribution in [2.45, 2.75) is 25.7 Å². The maximum atomic E-state index is 11.7. The SMILES string of the molecule is O=C(CNCCC1CCC1)Nc1ccccc1Br. The molecule has 1 amide bonds. The second-order valence-corrected chi connectivity index (χ2v) is 5.64. The summed E-state index contributed by atoms with van der Waals surface area (Å²) in [6.45, 7) is 1.32. The van der Waals surface area contributed by atoms with Gasteiger partial charge in [-0.25, -0.2) is 0 Å². The minimum atomic E-state index is 0.00973. The minimum absolute atomic E-state index is 0.00973. The molecule has 2 N–H and O–H groups in total. The van der Waals surface area contributed by atoms with Crippen LogP contribution in [0.1, 0.15) is 25.7 Å². The van der Waals surface area contributed by atoms with Crippen molar-refractivity contribution < 1.29 is 4.79 Å². The number of rotatable bonds is 6. The minimum Gasteiger partial charge on any atom is -0.324 e. The number of amides is 1. The molecule has 1 aliphatic carbocycles. The van der Waals surface area contributed by atoms with Gasteiger partial charge in [0.05, 0.1) is 12.2 Å². The third-order valence-electron chi connectivity index (χ3n) is 3.39. The van der Waals surface area contributed by atoms with Gasteiger partial charge in [0, 0.05) is 4.47 Å². The lowest BCUT2D eigenvalue weighted by molar-refractivity contribution is -0.115. The number of hydrogen-bond donors (Lipinski definition) is 2. The fourth-order valence-electron chi connectivity index (χ4n) is 2.05. The van der Waals surface area contributed by atoms with Gasteiger partial charge in [-0.3, -0.25) is 4.79 Å². The molecule has 1 aromatic rings. The molecule has 98 valence electrons. The molecular formula is C14H19BrN2O. The lowest BCUT2D eigenvalue weighted by atomic mass is 9.83. The molecule has 2 rings (SSSR count). The number of nitrogens with one attached hydrogen (secondary N) is 2. The van der Waals surface area contributed by atoms with Crippen LogP contribution in [-0.4, -0.2) is 19.0 Å². The van der Waals surface area contributed by atoms with Crippen LogP contribution < -0.4 is 10.6 Å². The fraction of sp³-hybridized carbons (Fsp3) is 0.500. The van der Waals surface area contributed by atoms with Crippen LogP contribution in [0.2, 0.25) is 0 Å². The highest BCUT2D eigenvalue weighted by Gasteiger charge is 2.16. The first-order chi connectivity index (χ1) is 8.75. The number of anilines is 1. The van der Waals surface area contributed by atoms with Gasteiger partial charge in [-0.1, -0.05) is 31.4 Å². The Balaban J connectivity index is 1.64. The van der Waals surface area contributed by atoms with E-state index in [0.717, 1.165) is 22.6 Å². The Morgan fingerprint density at radius 3 is 2.78 bits per heavy atom. The number of para-hydroxylation sites is 1. The van der Waals surface area contributed by atoms with E-state index in [1.165, 1.54) is 25.7 Å². The average Bonchev–Trinajstić information content (AvgIpc) is 2.29. The summed E-state index contributed by atoms with van der Waals surface area (Å²) in [6.07, 6.45) is 5.31. The third-order valence-corrected chi connectivity index (χ3v) is 4.08. The van der Waals surface area contributed by atoms with E-state index in [-0.39, 0.29) is 5.91 Å². The Morgan fingerprint density at radius 1 is 1.33 bits per heavy atom. The Morgan fingerprint density at radius 2 is 2.11 bits per heavy atom. The molecule has 0 saturated heterocycles. The summed E-state index contributed by atoms with van der Waals surface area (Å²) in [4.78, 5) is 11.7. The third kappa shape index (κ3) is 4.10. The second kappa shape index (κ2) is 6.90. The van der Waals surface area contributed by atoms with Crippen LogP contribution in [0.25, 0.3) is 0 Å². The molecule has 1 fully saturated rings. The molecular weight excluding hydrogens is 292 g/mol. The Hall–Kier alpha value is -0.870. The highest BCUT2D eigenvalue weighted by molar-refractivity contribution is 9.10. The zero-order valence-corrected chi connectivity index (χ0v) is 12.0. The molecule has 0 heterocycles. The molecule has 18 heavy (non-hydrogen) atoms. The van der Waals surface area contributed by atoms with Gasteiger partial charge in [-0.15, -0.1) is 0 Å². The van der Waals surface area contributed by atoms with Crippen molar-refractivity contribution >= 4 is 27.5 Å². The van der Waals surface area contributed by atoms with Gasteiger partial charge in [0.15, 0.2) is 0 Å². The number of carbonyl (C=O) groups is 1.